The summed E-state index contributed by atoms with van der Waals surface area (Å²) in [4.78, 5) is 29.1. The number of carbonyl (C=O) groups excluding carboxylic acids is 1. The first-order valence-corrected chi connectivity index (χ1v) is 10.1. The van der Waals surface area contributed by atoms with Gasteiger partial charge < -0.3 is 16.2 Å². The highest BCUT2D eigenvalue weighted by atomic mass is 35.5. The maximum atomic E-state index is 12.8. The topological polar surface area (TPSA) is 105 Å². The predicted molar refractivity (Wildman–Crippen MR) is 107 cm³/mol. The summed E-state index contributed by atoms with van der Waals surface area (Å²) in [5.41, 5.74) is 5.52. The number of nitrogens with two attached hydrogens (primary N) is 1. The number of carboxylic acids is 1. The van der Waals surface area contributed by atoms with E-state index in [1.807, 2.05) is 0 Å². The summed E-state index contributed by atoms with van der Waals surface area (Å²) in [5, 5.41) is 13.9. The number of amides is 1. The van der Waals surface area contributed by atoms with Gasteiger partial charge in [0.25, 0.3) is 5.91 Å². The fourth-order valence-corrected chi connectivity index (χ4v) is 4.48. The molecular formula is C19H22ClN3O3S. The number of hydrogen-bond acceptors (Lipinski definition) is 5. The number of rotatable bonds is 5. The summed E-state index contributed by atoms with van der Waals surface area (Å²) in [6, 6.07) is 7.06. The molecular weight excluding hydrogens is 386 g/mol. The van der Waals surface area contributed by atoms with E-state index in [9.17, 15) is 14.7 Å². The Labute approximate surface area is 166 Å². The first-order chi connectivity index (χ1) is 12.8. The van der Waals surface area contributed by atoms with Crippen LogP contribution in [0, 0.1) is 5.92 Å². The van der Waals surface area contributed by atoms with Gasteiger partial charge in [-0.25, -0.2) is 9.78 Å². The quantitative estimate of drug-likeness (QED) is 0.688. The predicted octanol–water partition coefficient (Wildman–Crippen LogP) is 4.20. The Balaban J connectivity index is 1.84. The number of nitrogen functional groups attached to an aromatic ring is 1. The maximum Gasteiger partial charge on any atom is 0.329 e. The van der Waals surface area contributed by atoms with Gasteiger partial charge in [0.2, 0.25) is 0 Å². The Bertz CT molecular complexity index is 846. The maximum absolute atomic E-state index is 12.8. The number of benzene rings is 1. The molecule has 6 nitrogen and oxygen atoms in total. The van der Waals surface area contributed by atoms with Crippen molar-refractivity contribution in [3.05, 3.63) is 35.0 Å². The fraction of sp³-hybridized carbons (Fsp3) is 0.421. The molecule has 144 valence electrons. The minimum Gasteiger partial charge on any atom is -0.480 e. The van der Waals surface area contributed by atoms with E-state index < -0.39 is 17.4 Å². The number of hydrogen-bond donors (Lipinski definition) is 3. The van der Waals surface area contributed by atoms with E-state index in [1.165, 1.54) is 11.3 Å². The number of aliphatic carboxylic acids is 1. The van der Waals surface area contributed by atoms with E-state index >= 15 is 0 Å². The highest BCUT2D eigenvalue weighted by Crippen LogP contribution is 2.34. The Morgan fingerprint density at radius 1 is 1.26 bits per heavy atom. The lowest BCUT2D eigenvalue weighted by Crippen LogP contribution is -2.57. The molecule has 1 aliphatic carbocycles. The average Bonchev–Trinajstić information content (AvgIpc) is 3.04. The number of nitrogens with zero attached hydrogens (tertiary/aromatic N) is 1. The lowest BCUT2D eigenvalue weighted by atomic mass is 9.75. The van der Waals surface area contributed by atoms with Crippen LogP contribution >= 0.6 is 22.9 Å². The number of nitrogens with one attached hydrogen (secondary N) is 1. The van der Waals surface area contributed by atoms with Crippen molar-refractivity contribution in [2.24, 2.45) is 5.92 Å². The molecule has 1 heterocycles. The molecule has 8 heteroatoms. The summed E-state index contributed by atoms with van der Waals surface area (Å²) in [6.07, 6.45) is 4.62. The zero-order chi connectivity index (χ0) is 19.6. The van der Waals surface area contributed by atoms with Gasteiger partial charge in [0.1, 0.15) is 15.5 Å². The van der Waals surface area contributed by atoms with Crippen LogP contribution in [0.25, 0.3) is 10.6 Å². The molecule has 0 aliphatic heterocycles. The lowest BCUT2D eigenvalue weighted by Gasteiger charge is -2.36. The van der Waals surface area contributed by atoms with Gasteiger partial charge in [-0.1, -0.05) is 54.3 Å². The van der Waals surface area contributed by atoms with Crippen molar-refractivity contribution in [1.29, 1.82) is 0 Å². The number of thiazole rings is 1. The molecule has 1 amide bonds. The zero-order valence-corrected chi connectivity index (χ0v) is 16.6. The van der Waals surface area contributed by atoms with Crippen molar-refractivity contribution in [2.45, 2.75) is 44.6 Å². The third-order valence-corrected chi connectivity index (χ3v) is 6.38. The second kappa shape index (κ2) is 7.86. The number of carboxylic acid groups (broad SMARTS) is 1. The molecule has 3 rings (SSSR count). The van der Waals surface area contributed by atoms with Crippen molar-refractivity contribution in [1.82, 2.24) is 10.3 Å². The van der Waals surface area contributed by atoms with Crippen LogP contribution in [-0.2, 0) is 4.79 Å². The van der Waals surface area contributed by atoms with Gasteiger partial charge in [0.15, 0.2) is 5.69 Å². The Kier molecular flexibility index (Phi) is 5.72. The fourth-order valence-electron chi connectivity index (χ4n) is 3.52. The van der Waals surface area contributed by atoms with Gasteiger partial charge in [-0.3, -0.25) is 4.79 Å². The first kappa shape index (κ1) is 19.6. The lowest BCUT2D eigenvalue weighted by molar-refractivity contribution is -0.146. The molecule has 1 aromatic carbocycles. The van der Waals surface area contributed by atoms with Crippen molar-refractivity contribution >= 4 is 39.8 Å². The molecule has 1 saturated carbocycles. The van der Waals surface area contributed by atoms with Crippen molar-refractivity contribution in [3.63, 3.8) is 0 Å². The minimum atomic E-state index is -1.34. The number of anilines is 1. The van der Waals surface area contributed by atoms with E-state index in [0.717, 1.165) is 37.7 Å². The van der Waals surface area contributed by atoms with Gasteiger partial charge in [-0.15, -0.1) is 0 Å². The van der Waals surface area contributed by atoms with Crippen LogP contribution < -0.4 is 11.1 Å². The van der Waals surface area contributed by atoms with Gasteiger partial charge in [0.05, 0.1) is 0 Å². The first-order valence-electron chi connectivity index (χ1n) is 8.89. The van der Waals surface area contributed by atoms with Crippen LogP contribution in [0.15, 0.2) is 24.3 Å². The molecule has 0 bridgehead atoms. The van der Waals surface area contributed by atoms with Gasteiger partial charge in [0, 0.05) is 10.6 Å². The largest absolute Gasteiger partial charge is 0.480 e. The van der Waals surface area contributed by atoms with Crippen LogP contribution in [0.4, 0.5) is 5.00 Å². The van der Waals surface area contributed by atoms with Crippen LogP contribution in [-0.4, -0.2) is 27.5 Å². The summed E-state index contributed by atoms with van der Waals surface area (Å²) >= 11 is 7.09. The number of aromatic nitrogens is 1. The molecule has 1 fully saturated rings. The Morgan fingerprint density at radius 3 is 2.48 bits per heavy atom. The summed E-state index contributed by atoms with van der Waals surface area (Å²) in [5.74, 6) is -1.70. The smallest absolute Gasteiger partial charge is 0.329 e. The summed E-state index contributed by atoms with van der Waals surface area (Å²) < 4.78 is 0. The molecule has 0 spiro atoms. The Morgan fingerprint density at radius 2 is 1.89 bits per heavy atom. The summed E-state index contributed by atoms with van der Waals surface area (Å²) in [7, 11) is 0. The SMILES string of the molecule is C[C@@](NC(=O)c1nc(-c2ccc(Cl)cc2)sc1N)(C(=O)O)C1CCCCC1. The second-order valence-corrected chi connectivity index (χ2v) is 8.50. The average molecular weight is 408 g/mol. The van der Waals surface area contributed by atoms with Crippen molar-refractivity contribution in [3.8, 4) is 10.6 Å². The molecule has 27 heavy (non-hydrogen) atoms. The molecule has 2 aromatic rings. The molecule has 0 radical (unpaired) electrons. The van der Waals surface area contributed by atoms with E-state index in [0.29, 0.717) is 10.0 Å². The van der Waals surface area contributed by atoms with Gasteiger partial charge >= 0.3 is 5.97 Å². The van der Waals surface area contributed by atoms with Crippen molar-refractivity contribution in [2.75, 3.05) is 5.73 Å². The minimum absolute atomic E-state index is 0.0632. The van der Waals surface area contributed by atoms with E-state index in [-0.39, 0.29) is 16.6 Å². The zero-order valence-electron chi connectivity index (χ0n) is 15.0. The van der Waals surface area contributed by atoms with E-state index in [2.05, 4.69) is 10.3 Å². The summed E-state index contributed by atoms with van der Waals surface area (Å²) in [6.45, 7) is 1.58. The molecule has 0 unspecified atom stereocenters. The third kappa shape index (κ3) is 4.09. The van der Waals surface area contributed by atoms with Gasteiger partial charge in [-0.05, 0) is 37.8 Å². The van der Waals surface area contributed by atoms with Gasteiger partial charge in [-0.2, -0.15) is 0 Å². The number of halogens is 1. The van der Waals surface area contributed by atoms with Crippen LogP contribution in [0.5, 0.6) is 0 Å². The molecule has 0 saturated heterocycles. The van der Waals surface area contributed by atoms with E-state index in [4.69, 9.17) is 17.3 Å². The molecule has 1 aromatic heterocycles. The highest BCUT2D eigenvalue weighted by Gasteiger charge is 2.43. The van der Waals surface area contributed by atoms with Crippen LogP contribution in [0.2, 0.25) is 5.02 Å². The molecule has 1 atom stereocenters. The molecule has 1 aliphatic rings. The van der Waals surface area contributed by atoms with E-state index in [1.54, 1.807) is 31.2 Å². The highest BCUT2D eigenvalue weighted by molar-refractivity contribution is 7.19. The third-order valence-electron chi connectivity index (χ3n) is 5.20. The van der Waals surface area contributed by atoms with Crippen LogP contribution in [0.3, 0.4) is 0 Å². The monoisotopic (exact) mass is 407 g/mol. The molecule has 4 N–H and O–H groups in total. The second-order valence-electron chi connectivity index (χ2n) is 7.04. The normalized spacial score (nSPS) is 17.3. The number of carbonyl (C=O) groups is 2. The van der Waals surface area contributed by atoms with Crippen molar-refractivity contribution < 1.29 is 14.7 Å². The standard InChI is InChI=1S/C19H22ClN3O3S/c1-19(18(25)26,12-5-3-2-4-6-12)23-16(24)14-15(21)27-17(22-14)11-7-9-13(20)10-8-11/h7-10,12H,2-6,21H2,1H3,(H,23,24)(H,25,26)/t19-/m0/s1. The Hall–Kier alpha value is -2.12. The van der Waals surface area contributed by atoms with Crippen LogP contribution in [0.1, 0.15) is 49.5 Å².